The molecule has 1 saturated heterocycles. The maximum atomic E-state index is 14.4. The lowest BCUT2D eigenvalue weighted by Gasteiger charge is -2.50. The maximum Gasteiger partial charge on any atom is 0.315 e. The number of carbonyl (C=O) groups excluding carboxylic acids is 5. The molecule has 1 aliphatic heterocycles. The van der Waals surface area contributed by atoms with Crippen LogP contribution in [0.5, 0.6) is 0 Å². The number of fused-ring (bicyclic) bond motifs is 2. The number of hydrogen-bond acceptors (Lipinski definition) is 7. The van der Waals surface area contributed by atoms with E-state index in [1.54, 1.807) is 4.90 Å². The van der Waals surface area contributed by atoms with Crippen LogP contribution in [-0.2, 0) is 29.0 Å². The van der Waals surface area contributed by atoms with Gasteiger partial charge in [-0.15, -0.1) is 0 Å². The smallest absolute Gasteiger partial charge is 0.315 e. The normalized spacial score (nSPS) is 23.2. The standard InChI is InChI=1S/C35H61N5O7S/c1-34(2,3)29(39-33(45)37-20-12-7-8-13-21-48(6,46)47)32(44)40-22-24-18-19-25(35(24,4)5)27(40)31(43)38-26(28(41)30(36)42)15-11-9-10-14-23-16-17-23/h23-27,29H,7-22H2,1-6H3,(H2,36,42)(H,38,43)(H2,37,39,45)/t24-,25+,26?,27+,29-/m1/s1. The quantitative estimate of drug-likeness (QED) is 0.118. The molecule has 1 unspecified atom stereocenters. The summed E-state index contributed by atoms with van der Waals surface area (Å²) in [6, 6.07) is -3.35. The zero-order chi connectivity index (χ0) is 35.9. The highest BCUT2D eigenvalue weighted by Crippen LogP contribution is 2.54. The van der Waals surface area contributed by atoms with Crippen LogP contribution in [-0.4, -0.2) is 86.1 Å². The minimum Gasteiger partial charge on any atom is -0.363 e. The molecule has 5 atom stereocenters. The molecule has 274 valence electrons. The van der Waals surface area contributed by atoms with Crippen LogP contribution in [0.3, 0.4) is 0 Å². The molecule has 0 spiro atoms. The average molecular weight is 696 g/mol. The number of primary amides is 1. The molecule has 0 aromatic carbocycles. The topological polar surface area (TPSA) is 185 Å². The molecule has 3 fully saturated rings. The van der Waals surface area contributed by atoms with Crippen molar-refractivity contribution in [2.45, 2.75) is 136 Å². The number of carbonyl (C=O) groups is 5. The Morgan fingerprint density at radius 3 is 2.15 bits per heavy atom. The molecule has 2 saturated carbocycles. The fourth-order valence-corrected chi connectivity index (χ4v) is 8.27. The number of likely N-dealkylation sites (tertiary alicyclic amines) is 1. The van der Waals surface area contributed by atoms with Crippen molar-refractivity contribution in [3.63, 3.8) is 0 Å². The number of nitrogens with one attached hydrogen (secondary N) is 3. The molecular weight excluding hydrogens is 634 g/mol. The van der Waals surface area contributed by atoms with E-state index in [1.165, 1.54) is 19.1 Å². The number of urea groups is 1. The summed E-state index contributed by atoms with van der Waals surface area (Å²) in [5.41, 5.74) is 4.48. The summed E-state index contributed by atoms with van der Waals surface area (Å²) in [6.07, 6.45) is 12.2. The van der Waals surface area contributed by atoms with Gasteiger partial charge in [0.15, 0.2) is 0 Å². The highest BCUT2D eigenvalue weighted by atomic mass is 32.2. The number of ketones is 1. The highest BCUT2D eigenvalue weighted by Gasteiger charge is 2.57. The van der Waals surface area contributed by atoms with Gasteiger partial charge in [-0.3, -0.25) is 19.2 Å². The van der Waals surface area contributed by atoms with Gasteiger partial charge in [-0.25, -0.2) is 13.2 Å². The number of hydrogen-bond donors (Lipinski definition) is 4. The van der Waals surface area contributed by atoms with E-state index in [0.717, 1.165) is 50.9 Å². The van der Waals surface area contributed by atoms with Gasteiger partial charge in [-0.2, -0.15) is 0 Å². The summed E-state index contributed by atoms with van der Waals surface area (Å²) >= 11 is 0. The largest absolute Gasteiger partial charge is 0.363 e. The van der Waals surface area contributed by atoms with Crippen LogP contribution in [0.25, 0.3) is 0 Å². The van der Waals surface area contributed by atoms with Crippen LogP contribution >= 0.6 is 0 Å². The summed E-state index contributed by atoms with van der Waals surface area (Å²) in [5, 5.41) is 8.52. The number of nitrogens with two attached hydrogens (primary N) is 1. The first-order valence-electron chi connectivity index (χ1n) is 18.0. The molecule has 48 heavy (non-hydrogen) atoms. The van der Waals surface area contributed by atoms with Crippen molar-refractivity contribution in [1.82, 2.24) is 20.9 Å². The predicted octanol–water partition coefficient (Wildman–Crippen LogP) is 3.47. The van der Waals surface area contributed by atoms with Gasteiger partial charge in [0, 0.05) is 25.1 Å². The van der Waals surface area contributed by atoms with Crippen molar-refractivity contribution in [1.29, 1.82) is 0 Å². The summed E-state index contributed by atoms with van der Waals surface area (Å²) in [7, 11) is -2.99. The minimum absolute atomic E-state index is 0.146. The lowest BCUT2D eigenvalue weighted by Crippen LogP contribution is -2.66. The van der Waals surface area contributed by atoms with Crippen molar-refractivity contribution in [3.05, 3.63) is 0 Å². The van der Waals surface area contributed by atoms with Gasteiger partial charge < -0.3 is 26.6 Å². The molecule has 1 heterocycles. The number of amides is 5. The van der Waals surface area contributed by atoms with E-state index < -0.39 is 57.0 Å². The van der Waals surface area contributed by atoms with E-state index in [4.69, 9.17) is 5.73 Å². The Bertz CT molecular complexity index is 1270. The van der Waals surface area contributed by atoms with Crippen LogP contribution in [0.2, 0.25) is 0 Å². The summed E-state index contributed by atoms with van der Waals surface area (Å²) < 4.78 is 22.6. The van der Waals surface area contributed by atoms with Crippen molar-refractivity contribution in [2.24, 2.45) is 34.3 Å². The van der Waals surface area contributed by atoms with Crippen LogP contribution in [0.1, 0.15) is 118 Å². The van der Waals surface area contributed by atoms with Gasteiger partial charge in [0.1, 0.15) is 21.9 Å². The summed E-state index contributed by atoms with van der Waals surface area (Å²) in [5.74, 6) is -1.78. The number of sulfone groups is 1. The fraction of sp³-hybridized carbons (Fsp3) is 0.857. The SMILES string of the molecule is CC(C)(C)[C@H](NC(=O)NCCCCCCS(C)(=O)=O)C(=O)N1C[C@H]2CC[C@@H]([C@H]1C(=O)NC(CCCCCC1CC1)C(=O)C(N)=O)C2(C)C. The molecule has 13 heteroatoms. The average Bonchev–Trinajstić information content (AvgIpc) is 3.78. The van der Waals surface area contributed by atoms with Crippen LogP contribution in [0.4, 0.5) is 4.79 Å². The van der Waals surface area contributed by atoms with Gasteiger partial charge >= 0.3 is 6.03 Å². The van der Waals surface area contributed by atoms with E-state index in [2.05, 4.69) is 29.8 Å². The van der Waals surface area contributed by atoms with Crippen LogP contribution in [0.15, 0.2) is 0 Å². The lowest BCUT2D eigenvalue weighted by molar-refractivity contribution is -0.154. The molecule has 2 aliphatic carbocycles. The molecular formula is C35H61N5O7S. The zero-order valence-corrected chi connectivity index (χ0v) is 30.9. The zero-order valence-electron chi connectivity index (χ0n) is 30.1. The molecule has 12 nitrogen and oxygen atoms in total. The van der Waals surface area contributed by atoms with Gasteiger partial charge in [0.2, 0.25) is 17.6 Å². The Hall–Kier alpha value is -2.70. The van der Waals surface area contributed by atoms with E-state index in [1.807, 2.05) is 20.8 Å². The molecule has 2 bridgehead atoms. The van der Waals surface area contributed by atoms with Gasteiger partial charge in [-0.05, 0) is 60.7 Å². The monoisotopic (exact) mass is 695 g/mol. The molecule has 5 N–H and O–H groups in total. The number of unbranched alkanes of at least 4 members (excludes halogenated alkanes) is 5. The van der Waals surface area contributed by atoms with Crippen LogP contribution in [0, 0.1) is 28.6 Å². The Morgan fingerprint density at radius 2 is 1.54 bits per heavy atom. The molecule has 3 aliphatic rings. The summed E-state index contributed by atoms with van der Waals surface area (Å²) in [6.45, 7) is 10.5. The second-order valence-electron chi connectivity index (χ2n) is 16.3. The number of Topliss-reactive ketones (excluding diaryl/α,β-unsaturated/α-hetero) is 1. The molecule has 0 aromatic rings. The van der Waals surface area contributed by atoms with Crippen molar-refractivity contribution < 1.29 is 32.4 Å². The fourth-order valence-electron chi connectivity index (χ4n) is 7.54. The first kappa shape index (κ1) is 39.7. The Morgan fingerprint density at radius 1 is 0.896 bits per heavy atom. The molecule has 3 rings (SSSR count). The highest BCUT2D eigenvalue weighted by molar-refractivity contribution is 7.90. The number of piperidine rings is 1. The molecule has 5 amide bonds. The van der Waals surface area contributed by atoms with Crippen molar-refractivity contribution in [3.8, 4) is 0 Å². The van der Waals surface area contributed by atoms with Crippen molar-refractivity contribution in [2.75, 3.05) is 25.1 Å². The summed E-state index contributed by atoms with van der Waals surface area (Å²) in [4.78, 5) is 68.0. The van der Waals surface area contributed by atoms with E-state index in [9.17, 15) is 32.4 Å². The van der Waals surface area contributed by atoms with E-state index in [0.29, 0.717) is 38.8 Å². The first-order valence-corrected chi connectivity index (χ1v) is 20.1. The third-order valence-electron chi connectivity index (χ3n) is 10.8. The lowest BCUT2D eigenvalue weighted by atomic mass is 9.68. The predicted molar refractivity (Wildman–Crippen MR) is 185 cm³/mol. The first-order chi connectivity index (χ1) is 22.3. The Balaban J connectivity index is 1.70. The van der Waals surface area contributed by atoms with Gasteiger partial charge in [-0.1, -0.05) is 86.0 Å². The number of nitrogens with zero attached hydrogens (tertiary/aromatic N) is 1. The third kappa shape index (κ3) is 11.4. The van der Waals surface area contributed by atoms with E-state index >= 15 is 0 Å². The van der Waals surface area contributed by atoms with Crippen molar-refractivity contribution >= 4 is 39.4 Å². The van der Waals surface area contributed by atoms with E-state index in [-0.39, 0.29) is 28.9 Å². The second kappa shape index (κ2) is 16.8. The Kier molecular flexibility index (Phi) is 13.9. The van der Waals surface area contributed by atoms with Gasteiger partial charge in [0.25, 0.3) is 5.91 Å². The molecule has 0 aromatic heterocycles. The van der Waals surface area contributed by atoms with Crippen LogP contribution < -0.4 is 21.7 Å². The second-order valence-corrected chi connectivity index (χ2v) is 18.5. The molecule has 0 radical (unpaired) electrons. The maximum absolute atomic E-state index is 14.4. The third-order valence-corrected chi connectivity index (χ3v) is 11.8. The number of rotatable bonds is 19. The minimum atomic E-state index is -2.99. The van der Waals surface area contributed by atoms with Gasteiger partial charge in [0.05, 0.1) is 6.04 Å². The Labute approximate surface area is 287 Å².